The van der Waals surface area contributed by atoms with E-state index in [1.165, 1.54) is 0 Å². The van der Waals surface area contributed by atoms with Crippen molar-refractivity contribution in [2.45, 2.75) is 51.5 Å². The van der Waals surface area contributed by atoms with Crippen molar-refractivity contribution in [1.82, 2.24) is 14.8 Å². The molecule has 0 unspecified atom stereocenters. The van der Waals surface area contributed by atoms with Gasteiger partial charge in [0.15, 0.2) is 5.82 Å². The van der Waals surface area contributed by atoms with Crippen molar-refractivity contribution in [3.05, 3.63) is 59.5 Å². The predicted molar refractivity (Wildman–Crippen MR) is 124 cm³/mol. The summed E-state index contributed by atoms with van der Waals surface area (Å²) >= 11 is 0. The summed E-state index contributed by atoms with van der Waals surface area (Å²) in [6, 6.07) is 9.96. The molecule has 1 saturated heterocycles. The molecule has 8 heteroatoms. The standard InChI is InChI=1S/C25H27F2N5O/c1-15(2)32-13-20-21(30-32)16(3)12-17-6-4-5-7-18(17)19-8-10-28-23(22(19)29-24(20)33)31-11-9-25(26,27)14-31/h4-8,10,13,15-16H,9,11-12,14H2,1-3H3,(H,29,33)/t16-/m0/s1. The average molecular weight is 452 g/mol. The van der Waals surface area contributed by atoms with Crippen LogP contribution in [0.2, 0.25) is 0 Å². The number of pyridine rings is 1. The van der Waals surface area contributed by atoms with Crippen LogP contribution in [-0.4, -0.2) is 39.7 Å². The molecular formula is C25H27F2N5O. The van der Waals surface area contributed by atoms with Crippen LogP contribution in [0.5, 0.6) is 0 Å². The number of fused-ring (bicyclic) bond motifs is 4. The van der Waals surface area contributed by atoms with Gasteiger partial charge in [-0.05, 0) is 37.5 Å². The Morgan fingerprint density at radius 3 is 2.67 bits per heavy atom. The summed E-state index contributed by atoms with van der Waals surface area (Å²) < 4.78 is 29.9. The molecule has 33 heavy (non-hydrogen) atoms. The van der Waals surface area contributed by atoms with Crippen LogP contribution in [0, 0.1) is 0 Å². The highest BCUT2D eigenvalue weighted by molar-refractivity contribution is 6.09. The molecular weight excluding hydrogens is 424 g/mol. The molecule has 1 amide bonds. The van der Waals surface area contributed by atoms with E-state index >= 15 is 0 Å². The molecule has 3 aromatic rings. The average Bonchev–Trinajstić information content (AvgIpc) is 3.38. The molecule has 0 radical (unpaired) electrons. The predicted octanol–water partition coefficient (Wildman–Crippen LogP) is 5.28. The summed E-state index contributed by atoms with van der Waals surface area (Å²) in [5, 5.41) is 7.77. The van der Waals surface area contributed by atoms with Crippen LogP contribution in [0.4, 0.5) is 20.3 Å². The topological polar surface area (TPSA) is 63.1 Å². The van der Waals surface area contributed by atoms with Crippen molar-refractivity contribution in [2.24, 2.45) is 0 Å². The van der Waals surface area contributed by atoms with Crippen LogP contribution < -0.4 is 10.2 Å². The first-order valence-corrected chi connectivity index (χ1v) is 11.3. The van der Waals surface area contributed by atoms with Crippen molar-refractivity contribution in [3.63, 3.8) is 0 Å². The van der Waals surface area contributed by atoms with Gasteiger partial charge in [-0.15, -0.1) is 0 Å². The normalized spacial score (nSPS) is 19.6. The van der Waals surface area contributed by atoms with E-state index in [2.05, 4.69) is 23.3 Å². The molecule has 2 aliphatic heterocycles. The quantitative estimate of drug-likeness (QED) is 0.576. The molecule has 2 aliphatic rings. The fraction of sp³-hybridized carbons (Fsp3) is 0.400. The smallest absolute Gasteiger partial charge is 0.266 e. The molecule has 172 valence electrons. The molecule has 6 nitrogen and oxygen atoms in total. The van der Waals surface area contributed by atoms with E-state index in [0.717, 1.165) is 22.4 Å². The molecule has 5 rings (SSSR count). The van der Waals surface area contributed by atoms with Gasteiger partial charge in [-0.3, -0.25) is 9.48 Å². The number of carbonyl (C=O) groups is 1. The second kappa shape index (κ2) is 7.93. The van der Waals surface area contributed by atoms with Gasteiger partial charge < -0.3 is 10.2 Å². The van der Waals surface area contributed by atoms with E-state index < -0.39 is 12.5 Å². The van der Waals surface area contributed by atoms with Gasteiger partial charge in [0.25, 0.3) is 11.8 Å². The zero-order chi connectivity index (χ0) is 23.3. The second-order valence-corrected chi connectivity index (χ2v) is 9.30. The Morgan fingerprint density at radius 1 is 1.15 bits per heavy atom. The molecule has 2 aromatic heterocycles. The second-order valence-electron chi connectivity index (χ2n) is 9.30. The van der Waals surface area contributed by atoms with Crippen LogP contribution in [0.3, 0.4) is 0 Å². The highest BCUT2D eigenvalue weighted by Gasteiger charge is 2.40. The van der Waals surface area contributed by atoms with Crippen molar-refractivity contribution >= 4 is 17.4 Å². The maximum absolute atomic E-state index is 14.0. The Kier molecular flexibility index (Phi) is 5.18. The molecule has 1 atom stereocenters. The van der Waals surface area contributed by atoms with Crippen LogP contribution in [0.1, 0.15) is 60.8 Å². The molecule has 0 bridgehead atoms. The van der Waals surface area contributed by atoms with E-state index in [9.17, 15) is 13.6 Å². The summed E-state index contributed by atoms with van der Waals surface area (Å²) in [5.74, 6) is -2.68. The van der Waals surface area contributed by atoms with Gasteiger partial charge in [0.2, 0.25) is 0 Å². The number of hydrogen-bond donors (Lipinski definition) is 1. The van der Waals surface area contributed by atoms with Gasteiger partial charge in [0, 0.05) is 42.9 Å². The van der Waals surface area contributed by atoms with Gasteiger partial charge >= 0.3 is 0 Å². The number of anilines is 2. The van der Waals surface area contributed by atoms with E-state index in [-0.39, 0.29) is 30.8 Å². The number of alkyl halides is 2. The molecule has 1 aromatic carbocycles. The van der Waals surface area contributed by atoms with E-state index in [1.54, 1.807) is 22.0 Å². The lowest BCUT2D eigenvalue weighted by Gasteiger charge is -2.25. The van der Waals surface area contributed by atoms with E-state index in [4.69, 9.17) is 5.10 Å². The fourth-order valence-corrected chi connectivity index (χ4v) is 4.73. The number of nitrogens with one attached hydrogen (secondary N) is 1. The summed E-state index contributed by atoms with van der Waals surface area (Å²) in [7, 11) is 0. The van der Waals surface area contributed by atoms with Crippen molar-refractivity contribution in [3.8, 4) is 11.1 Å². The highest BCUT2D eigenvalue weighted by atomic mass is 19.3. The zero-order valence-electron chi connectivity index (χ0n) is 19.0. The summed E-state index contributed by atoms with van der Waals surface area (Å²) in [4.78, 5) is 19.5. The van der Waals surface area contributed by atoms with Crippen LogP contribution in [0.25, 0.3) is 11.1 Å². The highest BCUT2D eigenvalue weighted by Crippen LogP contribution is 2.41. The van der Waals surface area contributed by atoms with Crippen LogP contribution >= 0.6 is 0 Å². The summed E-state index contributed by atoms with van der Waals surface area (Å²) in [6.07, 6.45) is 3.88. The fourth-order valence-electron chi connectivity index (χ4n) is 4.73. The maximum atomic E-state index is 14.0. The number of halogens is 2. The SMILES string of the molecule is CC(C)n1cc2c(n1)[C@@H](C)Cc1ccccc1-c1ccnc(N3CCC(F)(F)C3)c1NC2=O. The van der Waals surface area contributed by atoms with E-state index in [0.29, 0.717) is 23.5 Å². The Balaban J connectivity index is 1.71. The molecule has 4 heterocycles. The van der Waals surface area contributed by atoms with Gasteiger partial charge in [-0.1, -0.05) is 31.2 Å². The number of hydrogen-bond acceptors (Lipinski definition) is 4. The number of carbonyl (C=O) groups excluding carboxylic acids is 1. The number of benzene rings is 1. The largest absolute Gasteiger partial charge is 0.349 e. The minimum atomic E-state index is -2.77. The third-order valence-electron chi connectivity index (χ3n) is 6.47. The summed E-state index contributed by atoms with van der Waals surface area (Å²) in [5.41, 5.74) is 4.55. The number of nitrogens with zero attached hydrogens (tertiary/aromatic N) is 4. The molecule has 0 saturated carbocycles. The van der Waals surface area contributed by atoms with Crippen LogP contribution in [0.15, 0.2) is 42.7 Å². The van der Waals surface area contributed by atoms with Crippen molar-refractivity contribution < 1.29 is 13.6 Å². The monoisotopic (exact) mass is 451 g/mol. The minimum Gasteiger partial charge on any atom is -0.349 e. The number of rotatable bonds is 2. The van der Waals surface area contributed by atoms with Gasteiger partial charge in [-0.25, -0.2) is 13.8 Å². The first kappa shape index (κ1) is 21.6. The molecule has 0 aliphatic carbocycles. The lowest BCUT2D eigenvalue weighted by atomic mass is 9.89. The van der Waals surface area contributed by atoms with Crippen LogP contribution in [-0.2, 0) is 6.42 Å². The number of amides is 1. The third-order valence-corrected chi connectivity index (χ3v) is 6.47. The maximum Gasteiger partial charge on any atom is 0.266 e. The van der Waals surface area contributed by atoms with Gasteiger partial charge in [0.1, 0.15) is 0 Å². The Morgan fingerprint density at radius 2 is 1.94 bits per heavy atom. The van der Waals surface area contributed by atoms with Crippen molar-refractivity contribution in [1.29, 1.82) is 0 Å². The summed E-state index contributed by atoms with van der Waals surface area (Å²) in [6.45, 7) is 5.87. The Hall–Kier alpha value is -3.29. The third kappa shape index (κ3) is 3.87. The van der Waals surface area contributed by atoms with Gasteiger partial charge in [-0.2, -0.15) is 5.10 Å². The lowest BCUT2D eigenvalue weighted by molar-refractivity contribution is 0.0257. The molecule has 1 fully saturated rings. The van der Waals surface area contributed by atoms with Crippen molar-refractivity contribution in [2.75, 3.05) is 23.3 Å². The Bertz CT molecular complexity index is 1220. The van der Waals surface area contributed by atoms with Gasteiger partial charge in [0.05, 0.1) is 23.5 Å². The Labute approximate surface area is 191 Å². The lowest BCUT2D eigenvalue weighted by Crippen LogP contribution is -2.27. The first-order chi connectivity index (χ1) is 15.7. The molecule has 1 N–H and O–H groups in total. The molecule has 0 spiro atoms. The minimum absolute atomic E-state index is 0.0204. The van der Waals surface area contributed by atoms with E-state index in [1.807, 2.05) is 38.1 Å². The zero-order valence-corrected chi connectivity index (χ0v) is 19.0. The first-order valence-electron chi connectivity index (χ1n) is 11.3. The number of aromatic nitrogens is 3.